The molecular weight excluding hydrogens is 272 g/mol. The van der Waals surface area contributed by atoms with Gasteiger partial charge in [0.05, 0.1) is 6.61 Å². The Morgan fingerprint density at radius 1 is 1.25 bits per heavy atom. The van der Waals surface area contributed by atoms with Crippen LogP contribution in [0.25, 0.3) is 10.9 Å². The van der Waals surface area contributed by atoms with E-state index in [1.807, 2.05) is 12.1 Å². The average molecular weight is 292 g/mol. The van der Waals surface area contributed by atoms with Gasteiger partial charge < -0.3 is 19.8 Å². The number of rotatable bonds is 8. The Bertz CT molecular complexity index is 580. The molecule has 0 aliphatic carbocycles. The zero-order chi connectivity index (χ0) is 14.4. The van der Waals surface area contributed by atoms with Crippen molar-refractivity contribution in [2.24, 2.45) is 5.73 Å². The van der Waals surface area contributed by atoms with Crippen LogP contribution in [0.3, 0.4) is 0 Å². The fourth-order valence-electron chi connectivity index (χ4n) is 2.12. The SMILES string of the molecule is COCCCOCCn1ccc2cc(C(N)=S)ccc21. The van der Waals surface area contributed by atoms with Crippen molar-refractivity contribution < 1.29 is 9.47 Å². The molecule has 2 rings (SSSR count). The molecule has 20 heavy (non-hydrogen) atoms. The number of ether oxygens (including phenoxy) is 2. The summed E-state index contributed by atoms with van der Waals surface area (Å²) in [6.45, 7) is 3.01. The van der Waals surface area contributed by atoms with Crippen LogP contribution in [0.1, 0.15) is 12.0 Å². The Labute approximate surface area is 124 Å². The third-order valence-electron chi connectivity index (χ3n) is 3.17. The molecule has 2 aromatic rings. The van der Waals surface area contributed by atoms with Gasteiger partial charge in [0.25, 0.3) is 0 Å². The standard InChI is InChI=1S/C15H20N2O2S/c1-18-8-2-9-19-10-7-17-6-5-12-11-13(15(16)20)3-4-14(12)17/h3-6,11H,2,7-10H2,1H3,(H2,16,20). The first-order valence-electron chi connectivity index (χ1n) is 6.68. The van der Waals surface area contributed by atoms with Crippen molar-refractivity contribution in [1.82, 2.24) is 4.57 Å². The Hall–Kier alpha value is -1.43. The summed E-state index contributed by atoms with van der Waals surface area (Å²) in [5.74, 6) is 0. The summed E-state index contributed by atoms with van der Waals surface area (Å²) in [4.78, 5) is 0.432. The summed E-state index contributed by atoms with van der Waals surface area (Å²) in [7, 11) is 1.70. The third-order valence-corrected chi connectivity index (χ3v) is 3.40. The number of methoxy groups -OCH3 is 1. The molecule has 0 aliphatic rings. The van der Waals surface area contributed by atoms with Crippen LogP contribution in [-0.2, 0) is 16.0 Å². The number of thiocarbonyl (C=S) groups is 1. The lowest BCUT2D eigenvalue weighted by Crippen LogP contribution is -2.09. The summed E-state index contributed by atoms with van der Waals surface area (Å²) >= 11 is 4.99. The van der Waals surface area contributed by atoms with Gasteiger partial charge in [0.2, 0.25) is 0 Å². The van der Waals surface area contributed by atoms with Gasteiger partial charge >= 0.3 is 0 Å². The van der Waals surface area contributed by atoms with E-state index in [0.29, 0.717) is 11.6 Å². The van der Waals surface area contributed by atoms with Crippen LogP contribution in [0.5, 0.6) is 0 Å². The van der Waals surface area contributed by atoms with Gasteiger partial charge in [-0.3, -0.25) is 0 Å². The van der Waals surface area contributed by atoms with Crippen molar-refractivity contribution in [3.05, 3.63) is 36.0 Å². The number of fused-ring (bicyclic) bond motifs is 1. The van der Waals surface area contributed by atoms with Crippen LogP contribution >= 0.6 is 12.2 Å². The molecule has 5 heteroatoms. The predicted molar refractivity (Wildman–Crippen MR) is 85.1 cm³/mol. The first-order chi connectivity index (χ1) is 9.72. The molecule has 1 aromatic carbocycles. The number of benzene rings is 1. The number of hydrogen-bond acceptors (Lipinski definition) is 3. The minimum Gasteiger partial charge on any atom is -0.389 e. The smallest absolute Gasteiger partial charge is 0.104 e. The van der Waals surface area contributed by atoms with Gasteiger partial charge in [0, 0.05) is 49.5 Å². The summed E-state index contributed by atoms with van der Waals surface area (Å²) in [6, 6.07) is 8.10. The predicted octanol–water partition coefficient (Wildman–Crippen LogP) is 2.33. The fraction of sp³-hybridized carbons (Fsp3) is 0.400. The maximum absolute atomic E-state index is 5.64. The van der Waals surface area contributed by atoms with E-state index >= 15 is 0 Å². The lowest BCUT2D eigenvalue weighted by molar-refractivity contribution is 0.0982. The number of aromatic nitrogens is 1. The molecule has 0 atom stereocenters. The van der Waals surface area contributed by atoms with Crippen LogP contribution in [0.2, 0.25) is 0 Å². The highest BCUT2D eigenvalue weighted by molar-refractivity contribution is 7.80. The molecule has 4 nitrogen and oxygen atoms in total. The highest BCUT2D eigenvalue weighted by Gasteiger charge is 2.03. The largest absolute Gasteiger partial charge is 0.389 e. The van der Waals surface area contributed by atoms with E-state index in [4.69, 9.17) is 27.4 Å². The maximum Gasteiger partial charge on any atom is 0.104 e. The van der Waals surface area contributed by atoms with Crippen LogP contribution in [0.15, 0.2) is 30.5 Å². The molecule has 0 fully saturated rings. The molecule has 0 unspecified atom stereocenters. The molecule has 0 saturated carbocycles. The molecule has 1 heterocycles. The monoisotopic (exact) mass is 292 g/mol. The normalized spacial score (nSPS) is 11.1. The molecule has 0 bridgehead atoms. The van der Waals surface area contributed by atoms with Gasteiger partial charge in [-0.05, 0) is 30.7 Å². The van der Waals surface area contributed by atoms with Crippen molar-refractivity contribution in [2.45, 2.75) is 13.0 Å². The third kappa shape index (κ3) is 3.79. The van der Waals surface area contributed by atoms with E-state index in [9.17, 15) is 0 Å². The summed E-state index contributed by atoms with van der Waals surface area (Å²) in [5, 5.41) is 1.15. The van der Waals surface area contributed by atoms with E-state index in [-0.39, 0.29) is 0 Å². The summed E-state index contributed by atoms with van der Waals surface area (Å²) in [5.41, 5.74) is 7.72. The summed E-state index contributed by atoms with van der Waals surface area (Å²) in [6.07, 6.45) is 2.99. The van der Waals surface area contributed by atoms with Crippen molar-refractivity contribution in [3.8, 4) is 0 Å². The number of hydrogen-bond donors (Lipinski definition) is 1. The fourth-order valence-corrected chi connectivity index (χ4v) is 2.25. The second-order valence-corrected chi connectivity index (χ2v) is 5.05. The molecule has 0 aliphatic heterocycles. The van der Waals surface area contributed by atoms with Crippen LogP contribution < -0.4 is 5.73 Å². The van der Waals surface area contributed by atoms with Gasteiger partial charge in [-0.2, -0.15) is 0 Å². The minimum absolute atomic E-state index is 0.432. The second kappa shape index (κ2) is 7.38. The van der Waals surface area contributed by atoms with E-state index in [1.165, 1.54) is 5.52 Å². The Kier molecular flexibility index (Phi) is 5.52. The first kappa shape index (κ1) is 15.0. The molecule has 0 radical (unpaired) electrons. The van der Waals surface area contributed by atoms with E-state index in [2.05, 4.69) is 22.9 Å². The molecular formula is C15H20N2O2S. The number of nitrogens with two attached hydrogens (primary N) is 1. The summed E-state index contributed by atoms with van der Waals surface area (Å²) < 4.78 is 12.7. The van der Waals surface area contributed by atoms with Crippen LogP contribution in [-0.4, -0.2) is 36.5 Å². The quantitative estimate of drug-likeness (QED) is 0.599. The van der Waals surface area contributed by atoms with Gasteiger partial charge in [-0.25, -0.2) is 0 Å². The molecule has 2 N–H and O–H groups in total. The van der Waals surface area contributed by atoms with Gasteiger partial charge in [0.1, 0.15) is 4.99 Å². The molecule has 1 aromatic heterocycles. The zero-order valence-electron chi connectivity index (χ0n) is 11.7. The van der Waals surface area contributed by atoms with E-state index in [0.717, 1.165) is 37.1 Å². The molecule has 0 saturated heterocycles. The Morgan fingerprint density at radius 2 is 2.10 bits per heavy atom. The first-order valence-corrected chi connectivity index (χ1v) is 7.08. The van der Waals surface area contributed by atoms with Crippen LogP contribution in [0.4, 0.5) is 0 Å². The van der Waals surface area contributed by atoms with Gasteiger partial charge in [0.15, 0.2) is 0 Å². The minimum atomic E-state index is 0.432. The van der Waals surface area contributed by atoms with Gasteiger partial charge in [-0.15, -0.1) is 0 Å². The van der Waals surface area contributed by atoms with Crippen molar-refractivity contribution in [1.29, 1.82) is 0 Å². The highest BCUT2D eigenvalue weighted by Crippen LogP contribution is 2.17. The van der Waals surface area contributed by atoms with Crippen molar-refractivity contribution in [3.63, 3.8) is 0 Å². The molecule has 0 spiro atoms. The average Bonchev–Trinajstić information content (AvgIpc) is 2.85. The second-order valence-electron chi connectivity index (χ2n) is 4.61. The lowest BCUT2D eigenvalue weighted by Gasteiger charge is -2.07. The Balaban J connectivity index is 1.92. The highest BCUT2D eigenvalue weighted by atomic mass is 32.1. The number of nitrogens with zero attached hydrogens (tertiary/aromatic N) is 1. The van der Waals surface area contributed by atoms with E-state index < -0.39 is 0 Å². The molecule has 108 valence electrons. The topological polar surface area (TPSA) is 49.4 Å². The maximum atomic E-state index is 5.64. The molecule has 0 amide bonds. The van der Waals surface area contributed by atoms with Crippen LogP contribution in [0, 0.1) is 0 Å². The Morgan fingerprint density at radius 3 is 2.85 bits per heavy atom. The zero-order valence-corrected chi connectivity index (χ0v) is 12.5. The van der Waals surface area contributed by atoms with Crippen molar-refractivity contribution >= 4 is 28.1 Å². The van der Waals surface area contributed by atoms with Crippen molar-refractivity contribution in [2.75, 3.05) is 26.9 Å². The van der Waals surface area contributed by atoms with Gasteiger partial charge in [-0.1, -0.05) is 12.2 Å². The lowest BCUT2D eigenvalue weighted by atomic mass is 10.1. The van der Waals surface area contributed by atoms with E-state index in [1.54, 1.807) is 7.11 Å².